The van der Waals surface area contributed by atoms with Crippen LogP contribution in [0.1, 0.15) is 22.8 Å². The molecule has 2 heterocycles. The fourth-order valence-electron chi connectivity index (χ4n) is 4.95. The van der Waals surface area contributed by atoms with E-state index in [0.29, 0.717) is 44.5 Å². The number of hydrogen-bond donors (Lipinski definition) is 2. The molecular formula is C36H28N4O5S. The van der Waals surface area contributed by atoms with E-state index in [1.165, 1.54) is 16.7 Å². The van der Waals surface area contributed by atoms with Gasteiger partial charge < -0.3 is 15.2 Å². The molecule has 0 bridgehead atoms. The number of benzene rings is 4. The molecule has 0 spiro atoms. The number of nitrogens with zero attached hydrogens (tertiary/aromatic N) is 3. The van der Waals surface area contributed by atoms with Gasteiger partial charge in [-0.05, 0) is 67.1 Å². The van der Waals surface area contributed by atoms with Crippen LogP contribution in [0.25, 0.3) is 28.2 Å². The maximum Gasteiger partial charge on any atom is 0.336 e. The van der Waals surface area contributed by atoms with Crippen molar-refractivity contribution in [1.29, 1.82) is 0 Å². The molecule has 1 atom stereocenters. The standard InChI is InChI=1S/C36H28N4O5S/c1-22(33(41)37-25-17-15-24(16-18-25)31-21-29(35(43)44)28-13-6-7-14-30(28)38-31)46-36-39-32(20-23-9-8-12-27(19-23)45-2)34(42)40(36)26-10-4-3-5-11-26/h3-22H,1-2H3,(H,37,41)(H,43,44)/b32-20-. The maximum atomic E-state index is 13.6. The van der Waals surface area contributed by atoms with Crippen molar-refractivity contribution in [2.45, 2.75) is 12.2 Å². The molecule has 4 aromatic carbocycles. The second-order valence-electron chi connectivity index (χ2n) is 10.4. The molecule has 1 aromatic heterocycles. The third kappa shape index (κ3) is 6.38. The van der Waals surface area contributed by atoms with Crippen LogP contribution in [0.4, 0.5) is 11.4 Å². The molecule has 6 rings (SSSR count). The number of fused-ring (bicyclic) bond motifs is 1. The number of amidine groups is 1. The molecule has 0 fully saturated rings. The van der Waals surface area contributed by atoms with Crippen molar-refractivity contribution < 1.29 is 24.2 Å². The molecule has 1 unspecified atom stereocenters. The number of pyridine rings is 1. The van der Waals surface area contributed by atoms with Gasteiger partial charge in [-0.3, -0.25) is 14.5 Å². The Morgan fingerprint density at radius 2 is 1.67 bits per heavy atom. The van der Waals surface area contributed by atoms with Crippen LogP contribution in [0.5, 0.6) is 5.75 Å². The van der Waals surface area contributed by atoms with Gasteiger partial charge in [-0.1, -0.05) is 72.4 Å². The third-order valence-electron chi connectivity index (χ3n) is 7.29. The summed E-state index contributed by atoms with van der Waals surface area (Å²) in [4.78, 5) is 49.5. The zero-order valence-electron chi connectivity index (χ0n) is 24.9. The van der Waals surface area contributed by atoms with Gasteiger partial charge in [0.2, 0.25) is 5.91 Å². The van der Waals surface area contributed by atoms with Crippen LogP contribution in [0.3, 0.4) is 0 Å². The van der Waals surface area contributed by atoms with Gasteiger partial charge in [-0.15, -0.1) is 0 Å². The minimum absolute atomic E-state index is 0.170. The molecule has 46 heavy (non-hydrogen) atoms. The minimum atomic E-state index is -1.03. The molecule has 5 aromatic rings. The van der Waals surface area contributed by atoms with Gasteiger partial charge in [0.25, 0.3) is 5.91 Å². The van der Waals surface area contributed by atoms with Crippen LogP contribution in [-0.4, -0.2) is 45.4 Å². The smallest absolute Gasteiger partial charge is 0.336 e. The Morgan fingerprint density at radius 3 is 2.41 bits per heavy atom. The first-order valence-corrected chi connectivity index (χ1v) is 15.2. The average molecular weight is 629 g/mol. The fraction of sp³-hybridized carbons (Fsp3) is 0.0833. The lowest BCUT2D eigenvalue weighted by molar-refractivity contribution is -0.115. The Hall–Kier alpha value is -5.74. The SMILES string of the molecule is COc1cccc(/C=C2\N=C(SC(C)C(=O)Nc3ccc(-c4cc(C(=O)O)c5ccccc5n4)cc3)N(c3ccccc3)C2=O)c1. The number of carboxylic acid groups (broad SMARTS) is 1. The number of aromatic nitrogens is 1. The van der Waals surface area contributed by atoms with Gasteiger partial charge in [-0.2, -0.15) is 0 Å². The molecule has 9 nitrogen and oxygen atoms in total. The Kier molecular flexibility index (Phi) is 8.62. The van der Waals surface area contributed by atoms with Gasteiger partial charge in [0.15, 0.2) is 5.17 Å². The summed E-state index contributed by atoms with van der Waals surface area (Å²) in [6.07, 6.45) is 1.70. The number of carbonyl (C=O) groups is 3. The molecule has 10 heteroatoms. The van der Waals surface area contributed by atoms with Gasteiger partial charge in [0, 0.05) is 16.6 Å². The van der Waals surface area contributed by atoms with Crippen molar-refractivity contribution in [3.8, 4) is 17.0 Å². The summed E-state index contributed by atoms with van der Waals surface area (Å²) in [5.74, 6) is -0.941. The van der Waals surface area contributed by atoms with Crippen molar-refractivity contribution in [1.82, 2.24) is 4.98 Å². The molecular weight excluding hydrogens is 600 g/mol. The summed E-state index contributed by atoms with van der Waals surface area (Å²) in [7, 11) is 1.58. The van der Waals surface area contributed by atoms with Crippen molar-refractivity contribution in [2.75, 3.05) is 17.3 Å². The second-order valence-corrected chi connectivity index (χ2v) is 11.7. The lowest BCUT2D eigenvalue weighted by Crippen LogP contribution is -2.33. The van der Waals surface area contributed by atoms with Gasteiger partial charge >= 0.3 is 5.97 Å². The molecule has 1 aliphatic rings. The molecule has 2 amide bonds. The van der Waals surface area contributed by atoms with E-state index in [-0.39, 0.29) is 23.1 Å². The van der Waals surface area contributed by atoms with Crippen LogP contribution in [0, 0.1) is 0 Å². The molecule has 0 saturated carbocycles. The Labute approximate surface area is 269 Å². The average Bonchev–Trinajstić information content (AvgIpc) is 3.38. The normalized spacial score (nSPS) is 14.3. The van der Waals surface area contributed by atoms with Crippen molar-refractivity contribution in [2.24, 2.45) is 4.99 Å². The van der Waals surface area contributed by atoms with E-state index in [4.69, 9.17) is 4.74 Å². The van der Waals surface area contributed by atoms with Crippen LogP contribution >= 0.6 is 11.8 Å². The largest absolute Gasteiger partial charge is 0.497 e. The predicted octanol–water partition coefficient (Wildman–Crippen LogP) is 7.11. The molecule has 0 aliphatic carbocycles. The maximum absolute atomic E-state index is 13.6. The minimum Gasteiger partial charge on any atom is -0.497 e. The summed E-state index contributed by atoms with van der Waals surface area (Å²) in [5.41, 5.74) is 4.19. The van der Waals surface area contributed by atoms with Gasteiger partial charge in [0.05, 0.1) is 34.8 Å². The number of aliphatic imine (C=N–C) groups is 1. The highest BCUT2D eigenvalue weighted by Crippen LogP contribution is 2.32. The molecule has 1 aliphatic heterocycles. The summed E-state index contributed by atoms with van der Waals surface area (Å²) in [6.45, 7) is 1.75. The summed E-state index contributed by atoms with van der Waals surface area (Å²) >= 11 is 1.18. The van der Waals surface area contributed by atoms with Crippen molar-refractivity contribution in [3.05, 3.63) is 126 Å². The summed E-state index contributed by atoms with van der Waals surface area (Å²) < 4.78 is 5.31. The quantitative estimate of drug-likeness (QED) is 0.176. The van der Waals surface area contributed by atoms with Crippen LogP contribution in [0.2, 0.25) is 0 Å². The van der Waals surface area contributed by atoms with Crippen LogP contribution in [-0.2, 0) is 9.59 Å². The van der Waals surface area contributed by atoms with E-state index >= 15 is 0 Å². The highest BCUT2D eigenvalue weighted by molar-refractivity contribution is 8.15. The monoisotopic (exact) mass is 628 g/mol. The Balaban J connectivity index is 1.20. The zero-order valence-corrected chi connectivity index (χ0v) is 25.7. The van der Waals surface area contributed by atoms with Crippen molar-refractivity contribution in [3.63, 3.8) is 0 Å². The van der Waals surface area contributed by atoms with Crippen molar-refractivity contribution >= 4 is 63.1 Å². The number of aromatic carboxylic acids is 1. The van der Waals surface area contributed by atoms with E-state index in [1.807, 2.05) is 60.7 Å². The molecule has 228 valence electrons. The van der Waals surface area contributed by atoms with E-state index in [1.54, 1.807) is 68.6 Å². The lowest BCUT2D eigenvalue weighted by atomic mass is 10.0. The number of rotatable bonds is 8. The second kappa shape index (κ2) is 13.1. The number of carbonyl (C=O) groups excluding carboxylic acids is 2. The highest BCUT2D eigenvalue weighted by atomic mass is 32.2. The van der Waals surface area contributed by atoms with Gasteiger partial charge in [0.1, 0.15) is 11.4 Å². The lowest BCUT2D eigenvalue weighted by Gasteiger charge is -2.20. The number of methoxy groups -OCH3 is 1. The summed E-state index contributed by atoms with van der Waals surface area (Å²) in [5, 5.41) is 13.0. The number of para-hydroxylation sites is 2. The number of anilines is 2. The first-order chi connectivity index (χ1) is 22.3. The zero-order chi connectivity index (χ0) is 32.2. The number of ether oxygens (including phenoxy) is 1. The first kappa shape index (κ1) is 30.3. The molecule has 0 saturated heterocycles. The number of thioether (sulfide) groups is 1. The summed E-state index contributed by atoms with van der Waals surface area (Å²) in [6, 6.07) is 32.2. The topological polar surface area (TPSA) is 121 Å². The highest BCUT2D eigenvalue weighted by Gasteiger charge is 2.34. The third-order valence-corrected chi connectivity index (χ3v) is 8.34. The molecule has 0 radical (unpaired) electrons. The number of nitrogens with one attached hydrogen (secondary N) is 1. The van der Waals surface area contributed by atoms with Crippen LogP contribution in [0.15, 0.2) is 120 Å². The molecule has 2 N–H and O–H groups in total. The Morgan fingerprint density at radius 1 is 0.935 bits per heavy atom. The fourth-order valence-corrected chi connectivity index (χ4v) is 5.88. The van der Waals surface area contributed by atoms with E-state index in [0.717, 1.165) is 5.56 Å². The van der Waals surface area contributed by atoms with E-state index in [9.17, 15) is 19.5 Å². The van der Waals surface area contributed by atoms with Gasteiger partial charge in [-0.25, -0.2) is 14.8 Å². The van der Waals surface area contributed by atoms with E-state index in [2.05, 4.69) is 15.3 Å². The Bertz CT molecular complexity index is 2030. The number of hydrogen-bond acceptors (Lipinski definition) is 7. The first-order valence-electron chi connectivity index (χ1n) is 14.4. The number of carboxylic acids is 1. The van der Waals surface area contributed by atoms with Crippen LogP contribution < -0.4 is 15.0 Å². The predicted molar refractivity (Wildman–Crippen MR) is 182 cm³/mol. The van der Waals surface area contributed by atoms with E-state index < -0.39 is 11.2 Å². The number of amides is 2.